The van der Waals surface area contributed by atoms with Gasteiger partial charge in [0.2, 0.25) is 0 Å². The molecule has 2 aromatic heterocycles. The second kappa shape index (κ2) is 14.9. The van der Waals surface area contributed by atoms with Crippen molar-refractivity contribution in [3.05, 3.63) is 102 Å². The van der Waals surface area contributed by atoms with Crippen molar-refractivity contribution < 1.29 is 47.8 Å². The van der Waals surface area contributed by atoms with E-state index in [9.17, 15) is 39.4 Å². The lowest BCUT2D eigenvalue weighted by atomic mass is 10.0. The van der Waals surface area contributed by atoms with E-state index in [1.807, 2.05) is 35.3 Å². The van der Waals surface area contributed by atoms with E-state index in [1.54, 1.807) is 0 Å². The maximum atomic E-state index is 12.7. The molecule has 19 nitrogen and oxygen atoms in total. The lowest BCUT2D eigenvalue weighted by molar-refractivity contribution is -0.0579. The number of ether oxygens (including phenoxy) is 2. The average molecular weight is 772 g/mol. The quantitative estimate of drug-likeness (QED) is 0.129. The summed E-state index contributed by atoms with van der Waals surface area (Å²) in [6.45, 7) is -4.88. The number of hydrogen-bond donors (Lipinski definition) is 6. The molecule has 0 saturated carbocycles. The Labute approximate surface area is 294 Å². The highest BCUT2D eigenvalue weighted by Crippen LogP contribution is 2.62. The fourth-order valence-electron chi connectivity index (χ4n) is 6.68. The van der Waals surface area contributed by atoms with Crippen molar-refractivity contribution in [1.82, 2.24) is 23.8 Å². The first kappa shape index (κ1) is 36.6. The van der Waals surface area contributed by atoms with Crippen molar-refractivity contribution in [2.45, 2.75) is 74.1 Å². The largest absolute Gasteiger partial charge is 0.394 e. The van der Waals surface area contributed by atoms with Crippen LogP contribution in [0.2, 0.25) is 0 Å². The van der Waals surface area contributed by atoms with Gasteiger partial charge in [0.25, 0.3) is 19.6 Å². The standard InChI is InChI=1S/C29H35N5O14P2S/c35-13-17-25(22(39)27(44-17)33-12-9-20(37)31-29(33)41)48-50(42,51)43-14-18-24(21(38)26(45-18)32-11-8-19(36)30-28(32)40)47-49-34-10-4-7-16(34)23(46-49)15-5-2-1-3-6-15/h1-3,5-6,8-9,11-12,16-18,21-27,35,38-39H,4,7,10,13-14H2,(H,42,51)(H,30,36,40)(H,31,37,41)/t16-,17+,18+,21+,22+,23+,24+,25+,26+,27+,49?,50?/m0/s1. The van der Waals surface area contributed by atoms with Crippen molar-refractivity contribution in [2.24, 2.45) is 0 Å². The molecule has 3 aromatic rings. The van der Waals surface area contributed by atoms with Crippen LogP contribution in [-0.4, -0.2) is 106 Å². The molecule has 6 heterocycles. The first-order valence-corrected chi connectivity index (χ1v) is 19.7. The monoisotopic (exact) mass is 771 g/mol. The minimum atomic E-state index is -4.31. The zero-order valence-corrected chi connectivity index (χ0v) is 29.1. The zero-order valence-electron chi connectivity index (χ0n) is 26.5. The molecule has 4 saturated heterocycles. The number of nitrogens with zero attached hydrogens (tertiary/aromatic N) is 3. The summed E-state index contributed by atoms with van der Waals surface area (Å²) in [7, 11) is -1.76. The summed E-state index contributed by atoms with van der Waals surface area (Å²) in [6.07, 6.45) is -7.35. The molecule has 4 fully saturated rings. The molecule has 51 heavy (non-hydrogen) atoms. The molecule has 2 unspecified atom stereocenters. The van der Waals surface area contributed by atoms with Crippen LogP contribution in [0.5, 0.6) is 0 Å². The number of aromatic amines is 2. The van der Waals surface area contributed by atoms with Crippen molar-refractivity contribution in [3.63, 3.8) is 0 Å². The molecule has 1 aromatic carbocycles. The van der Waals surface area contributed by atoms with E-state index in [1.165, 1.54) is 0 Å². The molecule has 12 atom stereocenters. The molecule has 6 N–H and O–H groups in total. The summed E-state index contributed by atoms with van der Waals surface area (Å²) in [6, 6.07) is 11.8. The van der Waals surface area contributed by atoms with E-state index >= 15 is 0 Å². The Balaban J connectivity index is 1.10. The van der Waals surface area contributed by atoms with E-state index in [2.05, 4.69) is 9.65 Å². The fourth-order valence-corrected chi connectivity index (χ4v) is 10.1. The summed E-state index contributed by atoms with van der Waals surface area (Å²) in [4.78, 5) is 63.6. The number of H-pyrrole nitrogens is 2. The molecule has 276 valence electrons. The number of rotatable bonds is 11. The Morgan fingerprint density at radius 2 is 1.51 bits per heavy atom. The van der Waals surface area contributed by atoms with E-state index in [4.69, 9.17) is 39.4 Å². The highest BCUT2D eigenvalue weighted by atomic mass is 32.5. The molecule has 4 aliphatic heterocycles. The molecule has 0 spiro atoms. The third kappa shape index (κ3) is 7.40. The predicted molar refractivity (Wildman–Crippen MR) is 179 cm³/mol. The lowest BCUT2D eigenvalue weighted by Crippen LogP contribution is -2.39. The van der Waals surface area contributed by atoms with Crippen LogP contribution in [0.25, 0.3) is 0 Å². The predicted octanol–water partition coefficient (Wildman–Crippen LogP) is -0.938. The number of aromatic nitrogens is 4. The zero-order chi connectivity index (χ0) is 36.0. The van der Waals surface area contributed by atoms with Gasteiger partial charge in [0.15, 0.2) is 12.5 Å². The van der Waals surface area contributed by atoms with Gasteiger partial charge in [-0.05, 0) is 30.2 Å². The number of benzene rings is 1. The van der Waals surface area contributed by atoms with E-state index in [0.29, 0.717) is 6.54 Å². The first-order chi connectivity index (χ1) is 24.4. The Bertz CT molecular complexity index is 2000. The van der Waals surface area contributed by atoms with Gasteiger partial charge >= 0.3 is 18.1 Å². The Morgan fingerprint density at radius 3 is 2.12 bits per heavy atom. The third-order valence-electron chi connectivity index (χ3n) is 9.08. The number of aliphatic hydroxyl groups excluding tert-OH is 3. The fraction of sp³-hybridized carbons (Fsp3) is 0.517. The van der Waals surface area contributed by atoms with Gasteiger partial charge in [0.1, 0.15) is 42.7 Å². The van der Waals surface area contributed by atoms with Gasteiger partial charge in [-0.3, -0.25) is 33.2 Å². The molecular formula is C29H35N5O14P2S. The van der Waals surface area contributed by atoms with Crippen LogP contribution in [0.3, 0.4) is 0 Å². The van der Waals surface area contributed by atoms with Gasteiger partial charge in [0.05, 0.1) is 13.2 Å². The van der Waals surface area contributed by atoms with Crippen molar-refractivity contribution in [2.75, 3.05) is 19.8 Å². The van der Waals surface area contributed by atoms with Crippen LogP contribution < -0.4 is 22.5 Å². The second-order valence-corrected chi connectivity index (χ2v) is 16.5. The molecule has 0 amide bonds. The first-order valence-electron chi connectivity index (χ1n) is 16.0. The topological polar surface area (TPSA) is 249 Å². The smallest absolute Gasteiger partial charge is 0.330 e. The molecule has 0 radical (unpaired) electrons. The Kier molecular flexibility index (Phi) is 10.7. The molecule has 4 aliphatic rings. The second-order valence-electron chi connectivity index (χ2n) is 12.3. The van der Waals surface area contributed by atoms with Crippen LogP contribution in [-0.2, 0) is 39.4 Å². The third-order valence-corrected chi connectivity index (χ3v) is 12.4. The summed E-state index contributed by atoms with van der Waals surface area (Å²) < 4.78 is 39.7. The Hall–Kier alpha value is -2.78. The van der Waals surface area contributed by atoms with Crippen LogP contribution in [0.15, 0.2) is 74.0 Å². The summed E-state index contributed by atoms with van der Waals surface area (Å²) >= 11 is 5.24. The van der Waals surface area contributed by atoms with Crippen LogP contribution >= 0.6 is 15.2 Å². The van der Waals surface area contributed by atoms with Gasteiger partial charge < -0.3 is 43.3 Å². The maximum Gasteiger partial charge on any atom is 0.330 e. The van der Waals surface area contributed by atoms with Crippen LogP contribution in [0, 0.1) is 0 Å². The molecule has 0 bridgehead atoms. The van der Waals surface area contributed by atoms with Crippen LogP contribution in [0.1, 0.15) is 37.0 Å². The average Bonchev–Trinajstić information content (AvgIpc) is 3.85. The lowest BCUT2D eigenvalue weighted by Gasteiger charge is -2.28. The van der Waals surface area contributed by atoms with Gasteiger partial charge in [-0.1, -0.05) is 30.3 Å². The normalized spacial score (nSPS) is 34.9. The number of aliphatic hydroxyl groups is 3. The van der Waals surface area contributed by atoms with Gasteiger partial charge in [-0.25, -0.2) is 14.3 Å². The van der Waals surface area contributed by atoms with Gasteiger partial charge in [0, 0.05) is 37.1 Å². The summed E-state index contributed by atoms with van der Waals surface area (Å²) in [5.74, 6) is 0. The number of hydrogen-bond acceptors (Lipinski definition) is 15. The molecule has 22 heteroatoms. The maximum absolute atomic E-state index is 12.7. The SMILES string of the molecule is O=c1ccn([C@@H]2O[C@H](COP(O)(=S)O[C@H]3[C@@H](O)[C@H](n4ccc(=O)[nH]c4=O)O[C@@H]3CO)[C@@H](OP3O[C@H](c4ccccc4)[C@@H]4CCCN43)[C@H]2O)c(=O)[nH]1. The van der Waals surface area contributed by atoms with Crippen LogP contribution in [0.4, 0.5) is 0 Å². The summed E-state index contributed by atoms with van der Waals surface area (Å²) in [5, 5.41) is 32.5. The minimum Gasteiger partial charge on any atom is -0.394 e. The highest BCUT2D eigenvalue weighted by Gasteiger charge is 2.54. The molecular weight excluding hydrogens is 736 g/mol. The molecule has 0 aliphatic carbocycles. The minimum absolute atomic E-state index is 0.0256. The van der Waals surface area contributed by atoms with E-state index < -0.39 is 100 Å². The highest BCUT2D eigenvalue weighted by molar-refractivity contribution is 8.07. The van der Waals surface area contributed by atoms with Crippen molar-refractivity contribution in [3.8, 4) is 0 Å². The Morgan fingerprint density at radius 1 is 0.902 bits per heavy atom. The van der Waals surface area contributed by atoms with Crippen molar-refractivity contribution >= 4 is 27.1 Å². The van der Waals surface area contributed by atoms with Crippen molar-refractivity contribution in [1.29, 1.82) is 0 Å². The number of fused-ring (bicyclic) bond motifs is 1. The molecule has 7 rings (SSSR count). The number of nitrogens with one attached hydrogen (secondary N) is 2. The van der Waals surface area contributed by atoms with Gasteiger partial charge in [-0.15, -0.1) is 0 Å². The van der Waals surface area contributed by atoms with E-state index in [0.717, 1.165) is 52.1 Å². The van der Waals surface area contributed by atoms with Gasteiger partial charge in [-0.2, -0.15) is 0 Å². The summed E-state index contributed by atoms with van der Waals surface area (Å²) in [5.41, 5.74) is -2.12. The van der Waals surface area contributed by atoms with E-state index in [-0.39, 0.29) is 12.1 Å².